The number of hydrogen-bond donors (Lipinski definition) is 1. The van der Waals surface area contributed by atoms with Crippen molar-refractivity contribution < 1.29 is 0 Å². The predicted octanol–water partition coefficient (Wildman–Crippen LogP) is 5.59. The lowest BCUT2D eigenvalue weighted by molar-refractivity contribution is 0.547. The Kier molecular flexibility index (Phi) is 14.5. The molecular weight excluding hydrogens is 218 g/mol. The van der Waals surface area contributed by atoms with Gasteiger partial charge in [0.2, 0.25) is 0 Å². The van der Waals surface area contributed by atoms with Crippen LogP contribution in [0.3, 0.4) is 0 Å². The molecule has 0 fully saturated rings. The van der Waals surface area contributed by atoms with E-state index in [2.05, 4.69) is 19.9 Å². The molecule has 0 atom stereocenters. The van der Waals surface area contributed by atoms with Gasteiger partial charge in [0.25, 0.3) is 0 Å². The monoisotopic (exact) mass is 253 g/mol. The van der Waals surface area contributed by atoms with Crippen molar-refractivity contribution in [2.75, 3.05) is 6.54 Å². The molecule has 0 aliphatic carbocycles. The first-order valence-electron chi connectivity index (χ1n) is 8.11. The largest absolute Gasteiger partial charge is 0.330 e. The maximum atomic E-state index is 5.47. The van der Waals surface area contributed by atoms with Crippen molar-refractivity contribution in [3.63, 3.8) is 0 Å². The third-order valence-electron chi connectivity index (χ3n) is 3.46. The molecule has 0 spiro atoms. The van der Waals surface area contributed by atoms with Crippen LogP contribution in [-0.2, 0) is 0 Å². The van der Waals surface area contributed by atoms with Crippen LogP contribution in [0, 0.1) is 0 Å². The number of unbranched alkanes of at least 4 members (excludes halogenated alkanes) is 11. The van der Waals surface area contributed by atoms with E-state index in [1.165, 1.54) is 82.6 Å². The highest BCUT2D eigenvalue weighted by Crippen LogP contribution is 2.12. The molecule has 1 nitrogen and oxygen atoms in total. The highest BCUT2D eigenvalue weighted by molar-refractivity contribution is 4.92. The molecule has 108 valence electrons. The van der Waals surface area contributed by atoms with E-state index in [9.17, 15) is 0 Å². The van der Waals surface area contributed by atoms with Crippen LogP contribution in [0.4, 0.5) is 0 Å². The van der Waals surface area contributed by atoms with Crippen molar-refractivity contribution in [2.45, 2.75) is 90.9 Å². The quantitative estimate of drug-likeness (QED) is 0.336. The average molecular weight is 253 g/mol. The van der Waals surface area contributed by atoms with Gasteiger partial charge in [-0.3, -0.25) is 0 Å². The summed E-state index contributed by atoms with van der Waals surface area (Å²) < 4.78 is 0. The fourth-order valence-electron chi connectivity index (χ4n) is 2.27. The van der Waals surface area contributed by atoms with E-state index in [1.54, 1.807) is 0 Å². The first kappa shape index (κ1) is 17.7. The van der Waals surface area contributed by atoms with Gasteiger partial charge in [-0.05, 0) is 39.7 Å². The van der Waals surface area contributed by atoms with E-state index in [4.69, 9.17) is 5.73 Å². The van der Waals surface area contributed by atoms with Crippen molar-refractivity contribution >= 4 is 0 Å². The summed E-state index contributed by atoms with van der Waals surface area (Å²) in [6.07, 6.45) is 19.0. The van der Waals surface area contributed by atoms with Crippen molar-refractivity contribution in [1.29, 1.82) is 0 Å². The van der Waals surface area contributed by atoms with Crippen LogP contribution >= 0.6 is 0 Å². The van der Waals surface area contributed by atoms with Gasteiger partial charge in [-0.2, -0.15) is 0 Å². The molecule has 0 aromatic heterocycles. The number of allylic oxidation sites excluding steroid dienone is 2. The van der Waals surface area contributed by atoms with Crippen molar-refractivity contribution in [2.24, 2.45) is 5.73 Å². The molecule has 0 bridgehead atoms. The van der Waals surface area contributed by atoms with Gasteiger partial charge in [0, 0.05) is 0 Å². The molecule has 0 aromatic rings. The Labute approximate surface area is 115 Å². The van der Waals surface area contributed by atoms with E-state index in [-0.39, 0.29) is 0 Å². The topological polar surface area (TPSA) is 26.0 Å². The molecule has 0 rings (SSSR count). The maximum Gasteiger partial charge on any atom is -0.00773 e. The van der Waals surface area contributed by atoms with Gasteiger partial charge in [0.05, 0.1) is 0 Å². The fraction of sp³-hybridized carbons (Fsp3) is 0.882. The van der Waals surface area contributed by atoms with Crippen molar-refractivity contribution in [3.05, 3.63) is 11.6 Å². The van der Waals surface area contributed by atoms with Gasteiger partial charge < -0.3 is 5.73 Å². The minimum atomic E-state index is 0.868. The van der Waals surface area contributed by atoms with Crippen LogP contribution in [0.5, 0.6) is 0 Å². The zero-order valence-electron chi connectivity index (χ0n) is 12.8. The summed E-state index contributed by atoms with van der Waals surface area (Å²) in [7, 11) is 0. The van der Waals surface area contributed by atoms with Gasteiger partial charge in [-0.1, -0.05) is 69.4 Å². The van der Waals surface area contributed by atoms with Gasteiger partial charge in [-0.15, -0.1) is 0 Å². The Balaban J connectivity index is 2.97. The van der Waals surface area contributed by atoms with E-state index in [0.717, 1.165) is 6.54 Å². The average Bonchev–Trinajstić information content (AvgIpc) is 2.34. The molecule has 0 radical (unpaired) electrons. The van der Waals surface area contributed by atoms with Crippen molar-refractivity contribution in [1.82, 2.24) is 0 Å². The SMILES string of the molecule is CC(C)=CCCCCCCCCCCCCCN. The normalized spacial score (nSPS) is 10.6. The zero-order chi connectivity index (χ0) is 13.5. The molecule has 1 heteroatoms. The maximum absolute atomic E-state index is 5.47. The molecule has 0 aromatic carbocycles. The summed E-state index contributed by atoms with van der Waals surface area (Å²) in [6, 6.07) is 0. The van der Waals surface area contributed by atoms with Crippen LogP contribution < -0.4 is 5.73 Å². The number of nitrogens with two attached hydrogens (primary N) is 1. The molecule has 0 amide bonds. The van der Waals surface area contributed by atoms with E-state index >= 15 is 0 Å². The Bertz CT molecular complexity index is 180. The minimum Gasteiger partial charge on any atom is -0.330 e. The van der Waals surface area contributed by atoms with Gasteiger partial charge in [0.15, 0.2) is 0 Å². The lowest BCUT2D eigenvalue weighted by atomic mass is 10.0. The molecule has 0 heterocycles. The zero-order valence-corrected chi connectivity index (χ0v) is 12.8. The molecule has 2 N–H and O–H groups in total. The summed E-state index contributed by atoms with van der Waals surface area (Å²) in [5, 5.41) is 0. The van der Waals surface area contributed by atoms with E-state index in [1.807, 2.05) is 0 Å². The summed E-state index contributed by atoms with van der Waals surface area (Å²) >= 11 is 0. The predicted molar refractivity (Wildman–Crippen MR) is 83.9 cm³/mol. The fourth-order valence-corrected chi connectivity index (χ4v) is 2.27. The first-order valence-corrected chi connectivity index (χ1v) is 8.11. The lowest BCUT2D eigenvalue weighted by Gasteiger charge is -2.02. The van der Waals surface area contributed by atoms with Gasteiger partial charge in [-0.25, -0.2) is 0 Å². The second kappa shape index (κ2) is 14.8. The van der Waals surface area contributed by atoms with Crippen LogP contribution in [0.2, 0.25) is 0 Å². The Morgan fingerprint density at radius 2 is 1.06 bits per heavy atom. The molecule has 0 aliphatic heterocycles. The molecule has 18 heavy (non-hydrogen) atoms. The summed E-state index contributed by atoms with van der Waals surface area (Å²) in [5.74, 6) is 0. The highest BCUT2D eigenvalue weighted by Gasteiger charge is 1.92. The van der Waals surface area contributed by atoms with Crippen LogP contribution in [0.15, 0.2) is 11.6 Å². The van der Waals surface area contributed by atoms with Crippen LogP contribution in [-0.4, -0.2) is 6.54 Å². The van der Waals surface area contributed by atoms with E-state index < -0.39 is 0 Å². The first-order chi connectivity index (χ1) is 8.77. The molecular formula is C17H35N. The van der Waals surface area contributed by atoms with Crippen molar-refractivity contribution in [3.8, 4) is 0 Å². The van der Waals surface area contributed by atoms with Crippen LogP contribution in [0.1, 0.15) is 90.9 Å². The molecule has 0 saturated carbocycles. The third kappa shape index (κ3) is 15.7. The van der Waals surface area contributed by atoms with E-state index in [0.29, 0.717) is 0 Å². The lowest BCUT2D eigenvalue weighted by Crippen LogP contribution is -1.97. The Morgan fingerprint density at radius 3 is 1.44 bits per heavy atom. The second-order valence-corrected chi connectivity index (χ2v) is 5.75. The smallest absolute Gasteiger partial charge is 0.00773 e. The molecule has 0 unspecified atom stereocenters. The highest BCUT2D eigenvalue weighted by atomic mass is 14.5. The summed E-state index contributed by atoms with van der Waals surface area (Å²) in [5.41, 5.74) is 6.93. The van der Waals surface area contributed by atoms with Gasteiger partial charge >= 0.3 is 0 Å². The van der Waals surface area contributed by atoms with Gasteiger partial charge in [0.1, 0.15) is 0 Å². The minimum absolute atomic E-state index is 0.868. The van der Waals surface area contributed by atoms with Crippen LogP contribution in [0.25, 0.3) is 0 Å². The molecule has 0 saturated heterocycles. The third-order valence-corrected chi connectivity index (χ3v) is 3.46. The second-order valence-electron chi connectivity index (χ2n) is 5.75. The Morgan fingerprint density at radius 1 is 0.667 bits per heavy atom. The Hall–Kier alpha value is -0.300. The summed E-state index contributed by atoms with van der Waals surface area (Å²) in [6.45, 7) is 5.24. The molecule has 0 aliphatic rings. The number of hydrogen-bond acceptors (Lipinski definition) is 1. The number of rotatable bonds is 13. The summed E-state index contributed by atoms with van der Waals surface area (Å²) in [4.78, 5) is 0. The standard InChI is InChI=1S/C17H35N/c1-17(2)15-13-11-9-7-5-3-4-6-8-10-12-14-16-18/h15H,3-14,16,18H2,1-2H3.